The van der Waals surface area contributed by atoms with E-state index in [0.29, 0.717) is 29.7 Å². The molecule has 0 radical (unpaired) electrons. The van der Waals surface area contributed by atoms with Gasteiger partial charge in [0, 0.05) is 24.6 Å². The van der Waals surface area contributed by atoms with Crippen molar-refractivity contribution in [2.24, 2.45) is 11.7 Å². The number of hydrogen-bond acceptors (Lipinski definition) is 6. The van der Waals surface area contributed by atoms with Gasteiger partial charge in [0.25, 0.3) is 5.91 Å². The maximum Gasteiger partial charge on any atom is 0.338 e. The zero-order chi connectivity index (χ0) is 18.5. The normalized spacial score (nSPS) is 20.8. The summed E-state index contributed by atoms with van der Waals surface area (Å²) in [6.07, 6.45) is 1.43. The summed E-state index contributed by atoms with van der Waals surface area (Å²) in [7, 11) is 0. The maximum atomic E-state index is 12.2. The van der Waals surface area contributed by atoms with Gasteiger partial charge in [0.1, 0.15) is 0 Å². The molecule has 6 nitrogen and oxygen atoms in total. The summed E-state index contributed by atoms with van der Waals surface area (Å²) in [5, 5.41) is 0. The lowest BCUT2D eigenvalue weighted by Crippen LogP contribution is -2.45. The van der Waals surface area contributed by atoms with Crippen LogP contribution in [-0.4, -0.2) is 53.9 Å². The van der Waals surface area contributed by atoms with Crippen LogP contribution in [0.4, 0.5) is 0 Å². The molecule has 2 saturated heterocycles. The lowest BCUT2D eigenvalue weighted by Gasteiger charge is -2.31. The van der Waals surface area contributed by atoms with E-state index in [1.54, 1.807) is 17.0 Å². The molecule has 0 unspecified atom stereocenters. The number of rotatable bonds is 5. The van der Waals surface area contributed by atoms with Gasteiger partial charge in [-0.25, -0.2) is 4.79 Å². The number of likely N-dealkylation sites (tertiary alicyclic amines) is 1. The third-order valence-electron chi connectivity index (χ3n) is 4.54. The SMILES string of the molecule is NC(=O)[C@@H]1CCCN(C(=O)COC(=O)c2ccc(C3SCCS3)cc2)C1. The van der Waals surface area contributed by atoms with Crippen LogP contribution in [0.15, 0.2) is 24.3 Å². The van der Waals surface area contributed by atoms with Gasteiger partial charge in [-0.2, -0.15) is 0 Å². The van der Waals surface area contributed by atoms with Crippen LogP contribution < -0.4 is 5.73 Å². The predicted octanol–water partition coefficient (Wildman–Crippen LogP) is 2.05. The molecule has 0 bridgehead atoms. The van der Waals surface area contributed by atoms with Gasteiger partial charge in [-0.1, -0.05) is 12.1 Å². The van der Waals surface area contributed by atoms with E-state index < -0.39 is 11.9 Å². The highest BCUT2D eigenvalue weighted by atomic mass is 32.2. The lowest BCUT2D eigenvalue weighted by atomic mass is 9.97. The first kappa shape index (κ1) is 19.1. The molecule has 0 spiro atoms. The van der Waals surface area contributed by atoms with E-state index >= 15 is 0 Å². The molecule has 0 aliphatic carbocycles. The average molecular weight is 395 g/mol. The van der Waals surface area contributed by atoms with Gasteiger partial charge in [0.15, 0.2) is 6.61 Å². The first-order chi connectivity index (χ1) is 12.5. The molecule has 2 aliphatic heterocycles. The molecule has 1 aromatic carbocycles. The Morgan fingerprint density at radius 1 is 1.15 bits per heavy atom. The summed E-state index contributed by atoms with van der Waals surface area (Å²) >= 11 is 3.81. The Bertz CT molecular complexity index is 674. The number of benzene rings is 1. The number of carbonyl (C=O) groups is 3. The predicted molar refractivity (Wildman–Crippen MR) is 103 cm³/mol. The molecular formula is C18H22N2O4S2. The summed E-state index contributed by atoms with van der Waals surface area (Å²) in [6.45, 7) is 0.545. The minimum Gasteiger partial charge on any atom is -0.452 e. The van der Waals surface area contributed by atoms with Crippen molar-refractivity contribution in [2.75, 3.05) is 31.2 Å². The fraction of sp³-hybridized carbons (Fsp3) is 0.500. The number of hydrogen-bond donors (Lipinski definition) is 1. The van der Waals surface area contributed by atoms with Crippen LogP contribution in [0.1, 0.15) is 33.3 Å². The number of nitrogens with two attached hydrogens (primary N) is 1. The van der Waals surface area contributed by atoms with Crippen molar-refractivity contribution in [1.29, 1.82) is 0 Å². The van der Waals surface area contributed by atoms with E-state index in [9.17, 15) is 14.4 Å². The standard InChI is InChI=1S/C18H22N2O4S2/c19-16(22)14-2-1-7-20(10-14)15(21)11-24-17(23)12-3-5-13(6-4-12)18-25-8-9-26-18/h3-6,14,18H,1-2,7-11H2,(H2,19,22)/t14-/m1/s1. The van der Waals surface area contributed by atoms with E-state index in [-0.39, 0.29) is 18.4 Å². The van der Waals surface area contributed by atoms with Crippen LogP contribution in [0.25, 0.3) is 0 Å². The highest BCUT2D eigenvalue weighted by Gasteiger charge is 2.27. The van der Waals surface area contributed by atoms with Crippen molar-refractivity contribution in [1.82, 2.24) is 4.90 Å². The Kier molecular flexibility index (Phi) is 6.48. The molecule has 0 aromatic heterocycles. The molecule has 8 heteroatoms. The monoisotopic (exact) mass is 394 g/mol. The van der Waals surface area contributed by atoms with Crippen LogP contribution in [0.3, 0.4) is 0 Å². The number of thioether (sulfide) groups is 2. The van der Waals surface area contributed by atoms with Crippen molar-refractivity contribution < 1.29 is 19.1 Å². The van der Waals surface area contributed by atoms with E-state index in [4.69, 9.17) is 10.5 Å². The van der Waals surface area contributed by atoms with Gasteiger partial charge < -0.3 is 15.4 Å². The third kappa shape index (κ3) is 4.73. The fourth-order valence-electron chi connectivity index (χ4n) is 3.07. The number of carbonyl (C=O) groups excluding carboxylic acids is 3. The number of nitrogens with zero attached hydrogens (tertiary/aromatic N) is 1. The van der Waals surface area contributed by atoms with E-state index in [0.717, 1.165) is 17.9 Å². The Hall–Kier alpha value is -1.67. The average Bonchev–Trinajstić information content (AvgIpc) is 3.21. The molecule has 2 heterocycles. The number of esters is 1. The molecule has 0 saturated carbocycles. The highest BCUT2D eigenvalue weighted by Crippen LogP contribution is 2.45. The van der Waals surface area contributed by atoms with Gasteiger partial charge in [0.05, 0.1) is 16.1 Å². The minimum absolute atomic E-state index is 0.292. The first-order valence-electron chi connectivity index (χ1n) is 8.62. The van der Waals surface area contributed by atoms with Crippen LogP contribution in [-0.2, 0) is 14.3 Å². The second-order valence-electron chi connectivity index (χ2n) is 6.35. The quantitative estimate of drug-likeness (QED) is 0.769. The third-order valence-corrected chi connectivity index (χ3v) is 7.65. The molecule has 1 atom stereocenters. The van der Waals surface area contributed by atoms with Gasteiger partial charge in [-0.05, 0) is 30.5 Å². The molecule has 140 valence electrons. The molecule has 2 aliphatic rings. The van der Waals surface area contributed by atoms with Crippen molar-refractivity contribution in [2.45, 2.75) is 17.4 Å². The zero-order valence-electron chi connectivity index (χ0n) is 14.4. The summed E-state index contributed by atoms with van der Waals surface area (Å²) in [5.41, 5.74) is 6.94. The number of primary amides is 1. The van der Waals surface area contributed by atoms with E-state index in [1.807, 2.05) is 35.7 Å². The minimum atomic E-state index is -0.514. The largest absolute Gasteiger partial charge is 0.452 e. The molecule has 3 rings (SSSR count). The zero-order valence-corrected chi connectivity index (χ0v) is 16.0. The van der Waals surface area contributed by atoms with Crippen molar-refractivity contribution in [3.63, 3.8) is 0 Å². The van der Waals surface area contributed by atoms with Crippen LogP contribution >= 0.6 is 23.5 Å². The van der Waals surface area contributed by atoms with Crippen molar-refractivity contribution >= 4 is 41.3 Å². The molecule has 1 aromatic rings. The van der Waals surface area contributed by atoms with E-state index in [1.165, 1.54) is 5.56 Å². The highest BCUT2D eigenvalue weighted by molar-refractivity contribution is 8.19. The molecule has 26 heavy (non-hydrogen) atoms. The topological polar surface area (TPSA) is 89.7 Å². The summed E-state index contributed by atoms with van der Waals surface area (Å²) < 4.78 is 5.58. The first-order valence-corrected chi connectivity index (χ1v) is 10.7. The Morgan fingerprint density at radius 2 is 1.85 bits per heavy atom. The van der Waals surface area contributed by atoms with Gasteiger partial charge in [-0.15, -0.1) is 23.5 Å². The smallest absolute Gasteiger partial charge is 0.338 e. The van der Waals surface area contributed by atoms with Gasteiger partial charge in [-0.3, -0.25) is 9.59 Å². The van der Waals surface area contributed by atoms with Crippen LogP contribution in [0.2, 0.25) is 0 Å². The van der Waals surface area contributed by atoms with Crippen molar-refractivity contribution in [3.05, 3.63) is 35.4 Å². The Labute approximate surface area is 161 Å². The van der Waals surface area contributed by atoms with Crippen LogP contribution in [0.5, 0.6) is 0 Å². The number of amides is 2. The summed E-state index contributed by atoms with van der Waals surface area (Å²) in [6, 6.07) is 7.37. The lowest BCUT2D eigenvalue weighted by molar-refractivity contribution is -0.137. The Balaban J connectivity index is 1.50. The number of piperidine rings is 1. The second-order valence-corrected chi connectivity index (χ2v) is 9.08. The van der Waals surface area contributed by atoms with E-state index in [2.05, 4.69) is 0 Å². The maximum absolute atomic E-state index is 12.2. The second kappa shape index (κ2) is 8.81. The fourth-order valence-corrected chi connectivity index (χ4v) is 5.92. The van der Waals surface area contributed by atoms with Gasteiger partial charge >= 0.3 is 5.97 Å². The molecule has 2 fully saturated rings. The summed E-state index contributed by atoms with van der Waals surface area (Å²) in [5.74, 6) is 0.781. The number of ether oxygens (including phenoxy) is 1. The summed E-state index contributed by atoms with van der Waals surface area (Å²) in [4.78, 5) is 37.2. The molecular weight excluding hydrogens is 372 g/mol. The van der Waals surface area contributed by atoms with Crippen LogP contribution in [0, 0.1) is 5.92 Å². The molecule has 2 amide bonds. The Morgan fingerprint density at radius 3 is 2.50 bits per heavy atom. The van der Waals surface area contributed by atoms with Crippen molar-refractivity contribution in [3.8, 4) is 0 Å². The van der Waals surface area contributed by atoms with Gasteiger partial charge in [0.2, 0.25) is 5.91 Å². The molecule has 2 N–H and O–H groups in total.